The number of thiazole rings is 1. The van der Waals surface area contributed by atoms with E-state index in [0.29, 0.717) is 23.8 Å². The van der Waals surface area contributed by atoms with Crippen LogP contribution in [0.25, 0.3) is 0 Å². The zero-order chi connectivity index (χ0) is 15.5. The first kappa shape index (κ1) is 16.1. The van der Waals surface area contributed by atoms with Gasteiger partial charge in [-0.05, 0) is 30.5 Å². The predicted molar refractivity (Wildman–Crippen MR) is 86.3 cm³/mol. The number of aryl methyl sites for hydroxylation is 1. The quantitative estimate of drug-likeness (QED) is 0.888. The second-order valence-electron chi connectivity index (χ2n) is 5.24. The first-order valence-electron chi connectivity index (χ1n) is 6.89. The number of nitrogens with one attached hydrogen (secondary N) is 1. The van der Waals surface area contributed by atoms with Crippen LogP contribution in [0.15, 0.2) is 35.4 Å². The van der Waals surface area contributed by atoms with Crippen molar-refractivity contribution in [2.75, 3.05) is 6.54 Å². The predicted octanol–water partition coefficient (Wildman–Crippen LogP) is 3.10. The lowest BCUT2D eigenvalue weighted by Crippen LogP contribution is -2.26. The lowest BCUT2D eigenvalue weighted by molar-refractivity contribution is 0.581. The van der Waals surface area contributed by atoms with Crippen molar-refractivity contribution in [2.24, 2.45) is 0 Å². The fourth-order valence-electron chi connectivity index (χ4n) is 1.92. The smallest absolute Gasteiger partial charge is 0.240 e. The van der Waals surface area contributed by atoms with E-state index in [4.69, 9.17) is 0 Å². The second kappa shape index (κ2) is 6.68. The van der Waals surface area contributed by atoms with Gasteiger partial charge in [0.2, 0.25) is 10.0 Å². The van der Waals surface area contributed by atoms with E-state index in [2.05, 4.69) is 23.6 Å². The number of hydrogen-bond donors (Lipinski definition) is 1. The first-order valence-corrected chi connectivity index (χ1v) is 9.19. The molecule has 0 unspecified atom stereocenters. The van der Waals surface area contributed by atoms with Crippen LogP contribution in [0.1, 0.15) is 35.2 Å². The standard InChI is InChI=1S/C15H20N2O2S2/c1-11(2)13-4-6-14(7-5-13)21(18,19)17-9-8-15-16-10-12(3)20-15/h4-7,10-11,17H,8-9H2,1-3H3. The van der Waals surface area contributed by atoms with Gasteiger partial charge in [0.1, 0.15) is 0 Å². The van der Waals surface area contributed by atoms with Gasteiger partial charge in [-0.1, -0.05) is 26.0 Å². The SMILES string of the molecule is Cc1cnc(CCNS(=O)(=O)c2ccc(C(C)C)cc2)s1. The molecule has 0 fully saturated rings. The summed E-state index contributed by atoms with van der Waals surface area (Å²) in [6, 6.07) is 7.04. The maximum absolute atomic E-state index is 12.2. The number of benzene rings is 1. The van der Waals surface area contributed by atoms with E-state index in [1.165, 1.54) is 0 Å². The van der Waals surface area contributed by atoms with Crippen molar-refractivity contribution < 1.29 is 8.42 Å². The van der Waals surface area contributed by atoms with Crippen LogP contribution in [0.4, 0.5) is 0 Å². The molecule has 6 heteroatoms. The number of hydrogen-bond acceptors (Lipinski definition) is 4. The van der Waals surface area contributed by atoms with Crippen molar-refractivity contribution in [1.82, 2.24) is 9.71 Å². The Labute approximate surface area is 130 Å². The minimum Gasteiger partial charge on any atom is -0.249 e. The molecule has 0 saturated carbocycles. The van der Waals surface area contributed by atoms with Gasteiger partial charge in [-0.15, -0.1) is 11.3 Å². The minimum absolute atomic E-state index is 0.308. The van der Waals surface area contributed by atoms with E-state index >= 15 is 0 Å². The molecule has 0 aliphatic rings. The topological polar surface area (TPSA) is 59.1 Å². The molecular weight excluding hydrogens is 304 g/mol. The summed E-state index contributed by atoms with van der Waals surface area (Å²) in [7, 11) is -3.44. The van der Waals surface area contributed by atoms with E-state index in [0.717, 1.165) is 15.4 Å². The third kappa shape index (κ3) is 4.36. The molecule has 0 radical (unpaired) electrons. The number of nitrogens with zero attached hydrogens (tertiary/aromatic N) is 1. The molecule has 2 aromatic rings. The van der Waals surface area contributed by atoms with Crippen molar-refractivity contribution in [1.29, 1.82) is 0 Å². The van der Waals surface area contributed by atoms with Gasteiger partial charge in [0.05, 0.1) is 9.90 Å². The van der Waals surface area contributed by atoms with Crippen LogP contribution >= 0.6 is 11.3 Å². The van der Waals surface area contributed by atoms with Crippen LogP contribution in [-0.2, 0) is 16.4 Å². The number of rotatable bonds is 6. The number of sulfonamides is 1. The third-order valence-corrected chi connectivity index (χ3v) is 5.61. The van der Waals surface area contributed by atoms with E-state index in [1.54, 1.807) is 29.7 Å². The van der Waals surface area contributed by atoms with Crippen molar-refractivity contribution in [3.05, 3.63) is 45.9 Å². The van der Waals surface area contributed by atoms with Gasteiger partial charge >= 0.3 is 0 Å². The zero-order valence-corrected chi connectivity index (χ0v) is 14.1. The second-order valence-corrected chi connectivity index (χ2v) is 8.32. The Morgan fingerprint density at radius 1 is 1.24 bits per heavy atom. The Bertz CT molecular complexity index is 689. The van der Waals surface area contributed by atoms with Crippen molar-refractivity contribution in [3.8, 4) is 0 Å². The summed E-state index contributed by atoms with van der Waals surface area (Å²) in [5.41, 5.74) is 1.13. The molecule has 0 spiro atoms. The molecule has 21 heavy (non-hydrogen) atoms. The fourth-order valence-corrected chi connectivity index (χ4v) is 3.74. The molecular formula is C15H20N2O2S2. The Morgan fingerprint density at radius 2 is 1.90 bits per heavy atom. The Kier molecular flexibility index (Phi) is 5.13. The largest absolute Gasteiger partial charge is 0.249 e. The summed E-state index contributed by atoms with van der Waals surface area (Å²) in [5.74, 6) is 0.392. The molecule has 0 aliphatic carbocycles. The monoisotopic (exact) mass is 324 g/mol. The highest BCUT2D eigenvalue weighted by atomic mass is 32.2. The summed E-state index contributed by atoms with van der Waals surface area (Å²) >= 11 is 1.59. The van der Waals surface area contributed by atoms with Crippen LogP contribution < -0.4 is 4.72 Å². The molecule has 1 heterocycles. The van der Waals surface area contributed by atoms with Gasteiger partial charge in [0, 0.05) is 24.0 Å². The maximum Gasteiger partial charge on any atom is 0.240 e. The average Bonchev–Trinajstić information content (AvgIpc) is 2.84. The normalized spacial score (nSPS) is 12.0. The molecule has 1 N–H and O–H groups in total. The molecule has 0 amide bonds. The highest BCUT2D eigenvalue weighted by Crippen LogP contribution is 2.17. The van der Waals surface area contributed by atoms with Crippen LogP contribution in [-0.4, -0.2) is 19.9 Å². The Hall–Kier alpha value is -1.24. The molecule has 1 aromatic carbocycles. The van der Waals surface area contributed by atoms with Gasteiger partial charge in [-0.25, -0.2) is 18.1 Å². The molecule has 114 valence electrons. The van der Waals surface area contributed by atoms with E-state index in [-0.39, 0.29) is 0 Å². The van der Waals surface area contributed by atoms with Crippen molar-refractivity contribution in [3.63, 3.8) is 0 Å². The van der Waals surface area contributed by atoms with Crippen molar-refractivity contribution >= 4 is 21.4 Å². The summed E-state index contributed by atoms with van der Waals surface area (Å²) < 4.78 is 27.0. The third-order valence-electron chi connectivity index (χ3n) is 3.16. The molecule has 1 aromatic heterocycles. The molecule has 0 saturated heterocycles. The summed E-state index contributed by atoms with van der Waals surface area (Å²) in [6.45, 7) is 6.51. The van der Waals surface area contributed by atoms with Crippen LogP contribution in [0, 0.1) is 6.92 Å². The van der Waals surface area contributed by atoms with Crippen LogP contribution in [0.3, 0.4) is 0 Å². The van der Waals surface area contributed by atoms with Crippen LogP contribution in [0.5, 0.6) is 0 Å². The lowest BCUT2D eigenvalue weighted by atomic mass is 10.0. The van der Waals surface area contributed by atoms with Gasteiger partial charge < -0.3 is 0 Å². The fraction of sp³-hybridized carbons (Fsp3) is 0.400. The minimum atomic E-state index is -3.44. The van der Waals surface area contributed by atoms with Gasteiger partial charge in [-0.2, -0.15) is 0 Å². The van der Waals surface area contributed by atoms with Crippen molar-refractivity contribution in [2.45, 2.75) is 38.0 Å². The zero-order valence-electron chi connectivity index (χ0n) is 12.5. The summed E-state index contributed by atoms with van der Waals surface area (Å²) in [5, 5.41) is 0.949. The lowest BCUT2D eigenvalue weighted by Gasteiger charge is -2.08. The van der Waals surface area contributed by atoms with Gasteiger partial charge in [0.25, 0.3) is 0 Å². The molecule has 0 aliphatic heterocycles. The first-order chi connectivity index (χ1) is 9.88. The van der Waals surface area contributed by atoms with E-state index < -0.39 is 10.0 Å². The average molecular weight is 324 g/mol. The Balaban J connectivity index is 1.97. The van der Waals surface area contributed by atoms with Gasteiger partial charge in [0.15, 0.2) is 0 Å². The molecule has 0 atom stereocenters. The summed E-state index contributed by atoms with van der Waals surface area (Å²) in [4.78, 5) is 5.67. The maximum atomic E-state index is 12.2. The van der Waals surface area contributed by atoms with Gasteiger partial charge in [-0.3, -0.25) is 0 Å². The molecule has 0 bridgehead atoms. The summed E-state index contributed by atoms with van der Waals surface area (Å²) in [6.07, 6.45) is 2.42. The highest BCUT2D eigenvalue weighted by molar-refractivity contribution is 7.89. The highest BCUT2D eigenvalue weighted by Gasteiger charge is 2.14. The molecule has 4 nitrogen and oxygen atoms in total. The van der Waals surface area contributed by atoms with Crippen LogP contribution in [0.2, 0.25) is 0 Å². The Morgan fingerprint density at radius 3 is 2.43 bits per heavy atom. The van der Waals surface area contributed by atoms with E-state index in [1.807, 2.05) is 19.1 Å². The van der Waals surface area contributed by atoms with E-state index in [9.17, 15) is 8.42 Å². The number of aromatic nitrogens is 1. The molecule has 2 rings (SSSR count).